The van der Waals surface area contributed by atoms with Crippen LogP contribution >= 0.6 is 0 Å². The van der Waals surface area contributed by atoms with Crippen molar-refractivity contribution in [3.8, 4) is 0 Å². The maximum Gasteiger partial charge on any atom is 0.0698 e. The van der Waals surface area contributed by atoms with Gasteiger partial charge in [0.2, 0.25) is 0 Å². The summed E-state index contributed by atoms with van der Waals surface area (Å²) >= 11 is 0. The molecule has 0 aromatic rings. The van der Waals surface area contributed by atoms with Crippen LogP contribution in [0, 0.1) is 5.92 Å². The van der Waals surface area contributed by atoms with E-state index < -0.39 is 0 Å². The predicted octanol–water partition coefficient (Wildman–Crippen LogP) is 1.80. The average Bonchev–Trinajstić information content (AvgIpc) is 2.26. The van der Waals surface area contributed by atoms with E-state index in [9.17, 15) is 0 Å². The molecular formula is C12H27NO2. The molecule has 0 unspecified atom stereocenters. The van der Waals surface area contributed by atoms with Gasteiger partial charge in [0.15, 0.2) is 0 Å². The Morgan fingerprint density at radius 2 is 1.93 bits per heavy atom. The summed E-state index contributed by atoms with van der Waals surface area (Å²) in [6, 6.07) is 0.609. The zero-order valence-electron chi connectivity index (χ0n) is 10.5. The molecule has 0 bridgehead atoms. The zero-order valence-corrected chi connectivity index (χ0v) is 10.5. The van der Waals surface area contributed by atoms with Crippen molar-refractivity contribution in [3.05, 3.63) is 0 Å². The van der Waals surface area contributed by atoms with E-state index >= 15 is 0 Å². The lowest BCUT2D eigenvalue weighted by Gasteiger charge is -2.20. The first-order valence-corrected chi connectivity index (χ1v) is 6.16. The smallest absolute Gasteiger partial charge is 0.0698 e. The van der Waals surface area contributed by atoms with Crippen molar-refractivity contribution in [2.24, 2.45) is 5.92 Å². The molecule has 0 spiro atoms. The third kappa shape index (κ3) is 8.85. The largest absolute Gasteiger partial charge is 0.394 e. The van der Waals surface area contributed by atoms with E-state index in [4.69, 9.17) is 9.84 Å². The summed E-state index contributed by atoms with van der Waals surface area (Å²) in [6.45, 7) is 8.89. The lowest BCUT2D eigenvalue weighted by atomic mass is 9.98. The number of hydrogen-bond acceptors (Lipinski definition) is 3. The maximum atomic E-state index is 8.53. The van der Waals surface area contributed by atoms with Crippen LogP contribution in [0.15, 0.2) is 0 Å². The Kier molecular flexibility index (Phi) is 10.3. The molecule has 0 saturated heterocycles. The standard InChI is InChI=1S/C12H27NO2/c1-4-11(3)10-12(5-2)13-6-8-15-9-7-14/h11-14H,4-10H2,1-3H3/t11-,12-/m0/s1. The van der Waals surface area contributed by atoms with Crippen molar-refractivity contribution >= 4 is 0 Å². The molecule has 0 rings (SSSR count). The first-order chi connectivity index (χ1) is 7.24. The van der Waals surface area contributed by atoms with E-state index in [0.29, 0.717) is 19.3 Å². The monoisotopic (exact) mass is 217 g/mol. The number of hydrogen-bond donors (Lipinski definition) is 2. The highest BCUT2D eigenvalue weighted by atomic mass is 16.5. The second-order valence-electron chi connectivity index (χ2n) is 4.14. The first-order valence-electron chi connectivity index (χ1n) is 6.16. The maximum absolute atomic E-state index is 8.53. The van der Waals surface area contributed by atoms with Crippen molar-refractivity contribution in [2.45, 2.75) is 46.1 Å². The van der Waals surface area contributed by atoms with Crippen LogP contribution in [-0.2, 0) is 4.74 Å². The molecule has 0 amide bonds. The summed E-state index contributed by atoms with van der Waals surface area (Å²) < 4.78 is 5.20. The van der Waals surface area contributed by atoms with Gasteiger partial charge in [0.1, 0.15) is 0 Å². The van der Waals surface area contributed by atoms with E-state index in [1.54, 1.807) is 0 Å². The minimum atomic E-state index is 0.115. The molecule has 15 heavy (non-hydrogen) atoms. The fourth-order valence-corrected chi connectivity index (χ4v) is 1.55. The lowest BCUT2D eigenvalue weighted by Crippen LogP contribution is -2.33. The summed E-state index contributed by atoms with van der Waals surface area (Å²) in [5.74, 6) is 0.792. The number of aliphatic hydroxyl groups is 1. The normalized spacial score (nSPS) is 15.2. The van der Waals surface area contributed by atoms with Crippen LogP contribution < -0.4 is 5.32 Å². The Morgan fingerprint density at radius 3 is 2.47 bits per heavy atom. The quantitative estimate of drug-likeness (QED) is 0.548. The van der Waals surface area contributed by atoms with Gasteiger partial charge in [-0.05, 0) is 18.8 Å². The third-order valence-corrected chi connectivity index (χ3v) is 2.79. The van der Waals surface area contributed by atoms with E-state index in [1.807, 2.05) is 0 Å². The van der Waals surface area contributed by atoms with Crippen LogP contribution in [-0.4, -0.2) is 37.5 Å². The van der Waals surface area contributed by atoms with E-state index in [2.05, 4.69) is 26.1 Å². The molecule has 92 valence electrons. The summed E-state index contributed by atoms with van der Waals surface area (Å²) in [5, 5.41) is 12.0. The molecular weight excluding hydrogens is 190 g/mol. The van der Waals surface area contributed by atoms with Crippen LogP contribution in [0.5, 0.6) is 0 Å². The van der Waals surface area contributed by atoms with Crippen LogP contribution in [0.3, 0.4) is 0 Å². The van der Waals surface area contributed by atoms with Crippen molar-refractivity contribution in [1.29, 1.82) is 0 Å². The number of rotatable bonds is 10. The molecule has 0 aromatic heterocycles. The molecule has 3 nitrogen and oxygen atoms in total. The molecule has 0 radical (unpaired) electrons. The predicted molar refractivity (Wildman–Crippen MR) is 64.1 cm³/mol. The lowest BCUT2D eigenvalue weighted by molar-refractivity contribution is 0.0920. The number of aliphatic hydroxyl groups excluding tert-OH is 1. The van der Waals surface area contributed by atoms with Crippen LogP contribution in [0.25, 0.3) is 0 Å². The van der Waals surface area contributed by atoms with Gasteiger partial charge in [-0.15, -0.1) is 0 Å². The van der Waals surface area contributed by atoms with Crippen LogP contribution in [0.1, 0.15) is 40.0 Å². The molecule has 0 aliphatic carbocycles. The third-order valence-electron chi connectivity index (χ3n) is 2.79. The molecule has 0 aromatic carbocycles. The fourth-order valence-electron chi connectivity index (χ4n) is 1.55. The molecule has 0 saturated carbocycles. The second kappa shape index (κ2) is 10.4. The van der Waals surface area contributed by atoms with Gasteiger partial charge in [0.25, 0.3) is 0 Å². The van der Waals surface area contributed by atoms with Gasteiger partial charge in [-0.25, -0.2) is 0 Å². The minimum Gasteiger partial charge on any atom is -0.394 e. The summed E-state index contributed by atoms with van der Waals surface area (Å²) in [4.78, 5) is 0. The number of nitrogens with one attached hydrogen (secondary N) is 1. The fraction of sp³-hybridized carbons (Fsp3) is 1.00. The second-order valence-corrected chi connectivity index (χ2v) is 4.14. The molecule has 0 heterocycles. The minimum absolute atomic E-state index is 0.115. The van der Waals surface area contributed by atoms with Crippen molar-refractivity contribution in [1.82, 2.24) is 5.32 Å². The van der Waals surface area contributed by atoms with Gasteiger partial charge in [0, 0.05) is 12.6 Å². The van der Waals surface area contributed by atoms with E-state index in [-0.39, 0.29) is 6.61 Å². The van der Waals surface area contributed by atoms with Gasteiger partial charge >= 0.3 is 0 Å². The van der Waals surface area contributed by atoms with Crippen LogP contribution in [0.2, 0.25) is 0 Å². The van der Waals surface area contributed by atoms with Gasteiger partial charge in [-0.2, -0.15) is 0 Å². The van der Waals surface area contributed by atoms with E-state index in [1.165, 1.54) is 19.3 Å². The van der Waals surface area contributed by atoms with Crippen molar-refractivity contribution in [2.75, 3.05) is 26.4 Å². The van der Waals surface area contributed by atoms with Crippen LogP contribution in [0.4, 0.5) is 0 Å². The molecule has 2 N–H and O–H groups in total. The summed E-state index contributed by atoms with van der Waals surface area (Å²) in [7, 11) is 0. The van der Waals surface area contributed by atoms with Crippen molar-refractivity contribution in [3.63, 3.8) is 0 Å². The number of ether oxygens (including phenoxy) is 1. The highest BCUT2D eigenvalue weighted by molar-refractivity contribution is 4.67. The topological polar surface area (TPSA) is 41.5 Å². The van der Waals surface area contributed by atoms with Gasteiger partial charge < -0.3 is 15.2 Å². The van der Waals surface area contributed by atoms with Gasteiger partial charge in [-0.3, -0.25) is 0 Å². The van der Waals surface area contributed by atoms with Crippen molar-refractivity contribution < 1.29 is 9.84 Å². The molecule has 0 aliphatic heterocycles. The first kappa shape index (κ1) is 14.9. The molecule has 3 heteroatoms. The highest BCUT2D eigenvalue weighted by Gasteiger charge is 2.08. The van der Waals surface area contributed by atoms with Gasteiger partial charge in [0.05, 0.1) is 19.8 Å². The Morgan fingerprint density at radius 1 is 1.20 bits per heavy atom. The Bertz CT molecular complexity index is 131. The SMILES string of the molecule is CC[C@H](C)C[C@H](CC)NCCOCCO. The molecule has 2 atom stereocenters. The van der Waals surface area contributed by atoms with E-state index in [0.717, 1.165) is 12.5 Å². The average molecular weight is 217 g/mol. The molecule has 0 aliphatic rings. The Labute approximate surface area is 94.2 Å². The summed E-state index contributed by atoms with van der Waals surface area (Å²) in [5.41, 5.74) is 0. The van der Waals surface area contributed by atoms with Gasteiger partial charge in [-0.1, -0.05) is 27.2 Å². The Balaban J connectivity index is 3.44. The Hall–Kier alpha value is -0.120. The zero-order chi connectivity index (χ0) is 11.5. The summed E-state index contributed by atoms with van der Waals surface area (Å²) in [6.07, 6.45) is 3.66. The molecule has 0 fully saturated rings. The highest BCUT2D eigenvalue weighted by Crippen LogP contribution is 2.11.